The molecule has 0 atom stereocenters. The minimum atomic E-state index is -0.559. The number of nitriles is 1. The van der Waals surface area contributed by atoms with Gasteiger partial charge in [-0.15, -0.1) is 0 Å². The van der Waals surface area contributed by atoms with Gasteiger partial charge in [0, 0.05) is 5.02 Å². The molecule has 2 aromatic rings. The molecule has 1 N–H and O–H groups in total. The van der Waals surface area contributed by atoms with E-state index in [1.54, 1.807) is 6.07 Å². The molecule has 0 unspecified atom stereocenters. The number of nitrogens with zero attached hydrogens (tertiary/aromatic N) is 1. The zero-order valence-electron chi connectivity index (χ0n) is 16.6. The molecule has 0 saturated heterocycles. The van der Waals surface area contributed by atoms with E-state index in [4.69, 9.17) is 26.3 Å². The Labute approximate surface area is 175 Å². The zero-order valence-corrected chi connectivity index (χ0v) is 17.4. The minimum absolute atomic E-state index is 0.00884. The molecule has 2 aromatic carbocycles. The van der Waals surface area contributed by atoms with Gasteiger partial charge < -0.3 is 14.8 Å². The Kier molecular flexibility index (Phi) is 7.63. The standard InChI is InChI=1S/C22H23ClN2O4/c1-22(2,3)16-5-8-18(9-6-16)28-11-10-21(27)29-14-20(26)25-19-12-17(23)7-4-15(19)13-24/h4-9,12H,10-11,14H2,1-3H3,(H,25,26). The molecule has 0 aliphatic carbocycles. The van der Waals surface area contributed by atoms with Crippen LogP contribution in [0.3, 0.4) is 0 Å². The average molecular weight is 415 g/mol. The van der Waals surface area contributed by atoms with Gasteiger partial charge in [0.15, 0.2) is 6.61 Å². The van der Waals surface area contributed by atoms with Crippen molar-refractivity contribution in [2.24, 2.45) is 0 Å². The first-order chi connectivity index (χ1) is 13.7. The van der Waals surface area contributed by atoms with Crippen molar-refractivity contribution in [1.82, 2.24) is 0 Å². The maximum atomic E-state index is 11.9. The molecule has 0 aliphatic rings. The van der Waals surface area contributed by atoms with Crippen LogP contribution in [0, 0.1) is 11.3 Å². The van der Waals surface area contributed by atoms with E-state index in [1.165, 1.54) is 17.7 Å². The highest BCUT2D eigenvalue weighted by atomic mass is 35.5. The largest absolute Gasteiger partial charge is 0.493 e. The molecule has 6 nitrogen and oxygen atoms in total. The van der Waals surface area contributed by atoms with Crippen LogP contribution in [-0.4, -0.2) is 25.1 Å². The highest BCUT2D eigenvalue weighted by Crippen LogP contribution is 2.24. The van der Waals surface area contributed by atoms with Crippen LogP contribution >= 0.6 is 11.6 Å². The Hall–Kier alpha value is -3.04. The maximum absolute atomic E-state index is 11.9. The van der Waals surface area contributed by atoms with E-state index in [2.05, 4.69) is 26.1 Å². The predicted octanol–water partition coefficient (Wildman–Crippen LogP) is 4.46. The number of anilines is 1. The number of carbonyl (C=O) groups is 2. The molecular weight excluding hydrogens is 392 g/mol. The number of ether oxygens (including phenoxy) is 2. The van der Waals surface area contributed by atoms with E-state index in [1.807, 2.05) is 30.3 Å². The summed E-state index contributed by atoms with van der Waals surface area (Å²) >= 11 is 5.86. The molecule has 0 aliphatic heterocycles. The van der Waals surface area contributed by atoms with Crippen molar-refractivity contribution >= 4 is 29.2 Å². The van der Waals surface area contributed by atoms with E-state index in [0.717, 1.165) is 0 Å². The molecular formula is C22H23ClN2O4. The number of hydrogen-bond acceptors (Lipinski definition) is 5. The SMILES string of the molecule is CC(C)(C)c1ccc(OCCC(=O)OCC(=O)Nc2cc(Cl)ccc2C#N)cc1. The number of carbonyl (C=O) groups excluding carboxylic acids is 2. The van der Waals surface area contributed by atoms with Gasteiger partial charge in [-0.2, -0.15) is 5.26 Å². The van der Waals surface area contributed by atoms with Gasteiger partial charge in [0.1, 0.15) is 11.8 Å². The number of hydrogen-bond donors (Lipinski definition) is 1. The fourth-order valence-corrected chi connectivity index (χ4v) is 2.60. The van der Waals surface area contributed by atoms with Crippen molar-refractivity contribution in [3.8, 4) is 11.8 Å². The monoisotopic (exact) mass is 414 g/mol. The molecule has 0 fully saturated rings. The summed E-state index contributed by atoms with van der Waals surface area (Å²) < 4.78 is 10.5. The Morgan fingerprint density at radius 2 is 1.83 bits per heavy atom. The third kappa shape index (κ3) is 7.13. The van der Waals surface area contributed by atoms with E-state index < -0.39 is 18.5 Å². The van der Waals surface area contributed by atoms with Gasteiger partial charge in [0.25, 0.3) is 5.91 Å². The molecule has 7 heteroatoms. The minimum Gasteiger partial charge on any atom is -0.493 e. The lowest BCUT2D eigenvalue weighted by atomic mass is 9.87. The van der Waals surface area contributed by atoms with Crippen molar-refractivity contribution in [2.75, 3.05) is 18.5 Å². The summed E-state index contributed by atoms with van der Waals surface area (Å²) in [6.45, 7) is 6.06. The van der Waals surface area contributed by atoms with Crippen molar-refractivity contribution in [2.45, 2.75) is 32.6 Å². The molecule has 29 heavy (non-hydrogen) atoms. The Balaban J connectivity index is 1.74. The molecule has 0 spiro atoms. The molecule has 0 aromatic heterocycles. The predicted molar refractivity (Wildman–Crippen MR) is 111 cm³/mol. The first kappa shape index (κ1) is 22.3. The smallest absolute Gasteiger partial charge is 0.309 e. The van der Waals surface area contributed by atoms with E-state index >= 15 is 0 Å². The third-order valence-corrected chi connectivity index (χ3v) is 4.27. The number of nitrogens with one attached hydrogen (secondary N) is 1. The summed E-state index contributed by atoms with van der Waals surface area (Å²) in [6.07, 6.45) is 0.00884. The molecule has 1 amide bonds. The summed E-state index contributed by atoms with van der Waals surface area (Å²) in [5.74, 6) is -0.456. The van der Waals surface area contributed by atoms with Gasteiger partial charge in [-0.25, -0.2) is 0 Å². The zero-order chi connectivity index (χ0) is 21.4. The maximum Gasteiger partial charge on any atom is 0.309 e. The van der Waals surface area contributed by atoms with Crippen LogP contribution < -0.4 is 10.1 Å². The Morgan fingerprint density at radius 1 is 1.14 bits per heavy atom. The van der Waals surface area contributed by atoms with Crippen LogP contribution in [0.1, 0.15) is 38.3 Å². The van der Waals surface area contributed by atoms with Gasteiger partial charge >= 0.3 is 5.97 Å². The summed E-state index contributed by atoms with van der Waals surface area (Å²) in [5.41, 5.74) is 1.78. The Bertz CT molecular complexity index is 912. The second-order valence-corrected chi connectivity index (χ2v) is 7.82. The fourth-order valence-electron chi connectivity index (χ4n) is 2.43. The molecule has 0 radical (unpaired) electrons. The number of benzene rings is 2. The van der Waals surface area contributed by atoms with Crippen LogP contribution in [0.4, 0.5) is 5.69 Å². The topological polar surface area (TPSA) is 88.4 Å². The van der Waals surface area contributed by atoms with E-state index in [9.17, 15) is 9.59 Å². The summed E-state index contributed by atoms with van der Waals surface area (Å²) in [6, 6.07) is 14.1. The number of esters is 1. The first-order valence-corrected chi connectivity index (χ1v) is 9.45. The average Bonchev–Trinajstić information content (AvgIpc) is 2.66. The lowest BCUT2D eigenvalue weighted by Gasteiger charge is -2.19. The van der Waals surface area contributed by atoms with E-state index in [-0.39, 0.29) is 29.7 Å². The highest BCUT2D eigenvalue weighted by Gasteiger charge is 2.14. The van der Waals surface area contributed by atoms with Gasteiger partial charge in [-0.1, -0.05) is 44.5 Å². The van der Waals surface area contributed by atoms with Crippen molar-refractivity contribution < 1.29 is 19.1 Å². The van der Waals surface area contributed by atoms with E-state index in [0.29, 0.717) is 10.8 Å². The van der Waals surface area contributed by atoms with Crippen LogP contribution in [0.25, 0.3) is 0 Å². The van der Waals surface area contributed by atoms with Crippen molar-refractivity contribution in [1.29, 1.82) is 5.26 Å². The van der Waals surface area contributed by atoms with Gasteiger partial charge in [-0.05, 0) is 41.3 Å². The lowest BCUT2D eigenvalue weighted by Crippen LogP contribution is -2.22. The quantitative estimate of drug-likeness (QED) is 0.675. The summed E-state index contributed by atoms with van der Waals surface area (Å²) in [5, 5.41) is 11.9. The second-order valence-electron chi connectivity index (χ2n) is 7.38. The lowest BCUT2D eigenvalue weighted by molar-refractivity contribution is -0.147. The van der Waals surface area contributed by atoms with Crippen LogP contribution in [-0.2, 0) is 19.7 Å². The van der Waals surface area contributed by atoms with Crippen LogP contribution in [0.15, 0.2) is 42.5 Å². The number of halogens is 1. The molecule has 0 heterocycles. The van der Waals surface area contributed by atoms with Crippen LogP contribution in [0.5, 0.6) is 5.75 Å². The normalized spacial score (nSPS) is 10.7. The fraction of sp³-hybridized carbons (Fsp3) is 0.318. The number of rotatable bonds is 7. The molecule has 0 saturated carbocycles. The van der Waals surface area contributed by atoms with Crippen LogP contribution in [0.2, 0.25) is 5.02 Å². The van der Waals surface area contributed by atoms with Gasteiger partial charge in [0.05, 0.1) is 24.3 Å². The van der Waals surface area contributed by atoms with Gasteiger partial charge in [0.2, 0.25) is 0 Å². The molecule has 152 valence electrons. The molecule has 2 rings (SSSR count). The van der Waals surface area contributed by atoms with Crippen molar-refractivity contribution in [3.63, 3.8) is 0 Å². The highest BCUT2D eigenvalue weighted by molar-refractivity contribution is 6.31. The Morgan fingerprint density at radius 3 is 2.45 bits per heavy atom. The summed E-state index contributed by atoms with van der Waals surface area (Å²) in [4.78, 5) is 23.7. The third-order valence-electron chi connectivity index (χ3n) is 4.04. The molecule has 0 bridgehead atoms. The summed E-state index contributed by atoms with van der Waals surface area (Å²) in [7, 11) is 0. The van der Waals surface area contributed by atoms with Crippen molar-refractivity contribution in [3.05, 3.63) is 58.6 Å². The second kappa shape index (κ2) is 9.94. The number of amides is 1. The van der Waals surface area contributed by atoms with Gasteiger partial charge in [-0.3, -0.25) is 9.59 Å². The first-order valence-electron chi connectivity index (χ1n) is 9.07.